The van der Waals surface area contributed by atoms with Crippen LogP contribution in [0.15, 0.2) is 41.3 Å². The summed E-state index contributed by atoms with van der Waals surface area (Å²) < 4.78 is 3.60. The van der Waals surface area contributed by atoms with Gasteiger partial charge in [0.25, 0.3) is 0 Å². The molecule has 4 heteroatoms. The molecular formula is C17H20BrN3. The van der Waals surface area contributed by atoms with Gasteiger partial charge in [0, 0.05) is 40.8 Å². The zero-order valence-corrected chi connectivity index (χ0v) is 13.6. The maximum Gasteiger partial charge on any atom is 0.0950 e. The number of benzene rings is 1. The summed E-state index contributed by atoms with van der Waals surface area (Å²) in [5.41, 5.74) is 2.86. The quantitative estimate of drug-likeness (QED) is 0.915. The van der Waals surface area contributed by atoms with Crippen molar-refractivity contribution in [3.05, 3.63) is 52.5 Å². The minimum atomic E-state index is 0.533. The van der Waals surface area contributed by atoms with Gasteiger partial charge in [0.05, 0.1) is 6.33 Å². The normalized spacial score (nSPS) is 26.0. The van der Waals surface area contributed by atoms with E-state index in [9.17, 15) is 0 Å². The van der Waals surface area contributed by atoms with Gasteiger partial charge in [-0.2, -0.15) is 0 Å². The predicted octanol–water partition coefficient (Wildman–Crippen LogP) is 3.84. The van der Waals surface area contributed by atoms with Crippen molar-refractivity contribution in [1.29, 1.82) is 0 Å². The molecule has 2 fully saturated rings. The number of hydrogen-bond acceptors (Lipinski definition) is 2. The Balaban J connectivity index is 1.69. The fourth-order valence-electron chi connectivity index (χ4n) is 3.56. The van der Waals surface area contributed by atoms with Crippen molar-refractivity contribution in [2.24, 2.45) is 0 Å². The number of rotatable bonds is 3. The van der Waals surface area contributed by atoms with E-state index < -0.39 is 0 Å². The number of imidazole rings is 1. The van der Waals surface area contributed by atoms with E-state index in [-0.39, 0.29) is 0 Å². The van der Waals surface area contributed by atoms with Gasteiger partial charge in [-0.05, 0) is 43.5 Å². The van der Waals surface area contributed by atoms with Crippen LogP contribution in [0.1, 0.15) is 48.4 Å². The highest BCUT2D eigenvalue weighted by atomic mass is 79.9. The Labute approximate surface area is 133 Å². The first-order valence-electron chi connectivity index (χ1n) is 7.81. The topological polar surface area (TPSA) is 29.9 Å². The van der Waals surface area contributed by atoms with Crippen molar-refractivity contribution in [3.63, 3.8) is 0 Å². The monoisotopic (exact) mass is 345 g/mol. The van der Waals surface area contributed by atoms with Crippen LogP contribution in [0, 0.1) is 0 Å². The average Bonchev–Trinajstić information content (AvgIpc) is 3.24. The largest absolute Gasteiger partial charge is 0.331 e. The summed E-state index contributed by atoms with van der Waals surface area (Å²) in [6.45, 7) is 2.15. The SMILES string of the molecule is Brc1cccc(C2CNCCC2c2cncn2C2CC2)c1. The standard InChI is InChI=1S/C17H20BrN3/c18-13-3-1-2-12(8-13)16-9-19-7-6-15(16)17-10-20-11-21(17)14-4-5-14/h1-3,8,10-11,14-16,19H,4-7,9H2. The van der Waals surface area contributed by atoms with E-state index in [0.717, 1.165) is 13.1 Å². The molecule has 2 aliphatic rings. The lowest BCUT2D eigenvalue weighted by atomic mass is 9.79. The number of nitrogens with zero attached hydrogens (tertiary/aromatic N) is 2. The highest BCUT2D eigenvalue weighted by Crippen LogP contribution is 2.42. The average molecular weight is 346 g/mol. The van der Waals surface area contributed by atoms with E-state index in [1.807, 2.05) is 6.33 Å². The first-order chi connectivity index (χ1) is 10.3. The minimum absolute atomic E-state index is 0.533. The van der Waals surface area contributed by atoms with Crippen LogP contribution in [0.25, 0.3) is 0 Å². The van der Waals surface area contributed by atoms with Gasteiger partial charge in [-0.1, -0.05) is 28.1 Å². The van der Waals surface area contributed by atoms with Crippen LogP contribution in [0.3, 0.4) is 0 Å². The number of piperidine rings is 1. The maximum atomic E-state index is 4.44. The van der Waals surface area contributed by atoms with Gasteiger partial charge in [0.15, 0.2) is 0 Å². The Morgan fingerprint density at radius 1 is 1.19 bits per heavy atom. The molecule has 4 rings (SSSR count). The highest BCUT2D eigenvalue weighted by Gasteiger charge is 2.33. The molecule has 2 heterocycles. The van der Waals surface area contributed by atoms with Gasteiger partial charge < -0.3 is 9.88 Å². The Hall–Kier alpha value is -1.13. The van der Waals surface area contributed by atoms with E-state index in [4.69, 9.17) is 0 Å². The number of nitrogens with one attached hydrogen (secondary N) is 1. The summed E-state index contributed by atoms with van der Waals surface area (Å²) in [6.07, 6.45) is 7.95. The fourth-order valence-corrected chi connectivity index (χ4v) is 3.98. The third kappa shape index (κ3) is 2.67. The van der Waals surface area contributed by atoms with Crippen LogP contribution < -0.4 is 5.32 Å². The van der Waals surface area contributed by atoms with Crippen LogP contribution in [-0.4, -0.2) is 22.6 Å². The van der Waals surface area contributed by atoms with Crippen LogP contribution in [-0.2, 0) is 0 Å². The molecule has 0 radical (unpaired) electrons. The Bertz CT molecular complexity index is 632. The summed E-state index contributed by atoms with van der Waals surface area (Å²) >= 11 is 3.61. The Kier molecular flexibility index (Phi) is 3.59. The van der Waals surface area contributed by atoms with Crippen molar-refractivity contribution in [3.8, 4) is 0 Å². The van der Waals surface area contributed by atoms with Gasteiger partial charge in [-0.15, -0.1) is 0 Å². The predicted molar refractivity (Wildman–Crippen MR) is 87.6 cm³/mol. The summed E-state index contributed by atoms with van der Waals surface area (Å²) in [5.74, 6) is 1.11. The third-order valence-electron chi connectivity index (χ3n) is 4.78. The van der Waals surface area contributed by atoms with E-state index in [1.165, 1.54) is 35.0 Å². The van der Waals surface area contributed by atoms with Gasteiger partial charge in [0.1, 0.15) is 0 Å². The zero-order chi connectivity index (χ0) is 14.2. The Morgan fingerprint density at radius 3 is 2.90 bits per heavy atom. The molecule has 3 nitrogen and oxygen atoms in total. The van der Waals surface area contributed by atoms with Gasteiger partial charge >= 0.3 is 0 Å². The smallest absolute Gasteiger partial charge is 0.0950 e. The molecule has 2 atom stereocenters. The molecule has 0 amide bonds. The number of hydrogen-bond donors (Lipinski definition) is 1. The molecule has 1 aliphatic carbocycles. The van der Waals surface area contributed by atoms with E-state index in [1.54, 1.807) is 0 Å². The first kappa shape index (κ1) is 13.5. The maximum absolute atomic E-state index is 4.44. The molecule has 1 aromatic heterocycles. The summed E-state index contributed by atoms with van der Waals surface area (Å²) in [7, 11) is 0. The second kappa shape index (κ2) is 5.58. The van der Waals surface area contributed by atoms with Crippen LogP contribution in [0.2, 0.25) is 0 Å². The second-order valence-electron chi connectivity index (χ2n) is 6.22. The van der Waals surface area contributed by atoms with Crippen LogP contribution in [0.4, 0.5) is 0 Å². The summed E-state index contributed by atoms with van der Waals surface area (Å²) in [4.78, 5) is 4.44. The van der Waals surface area contributed by atoms with Gasteiger partial charge in [0.2, 0.25) is 0 Å². The van der Waals surface area contributed by atoms with E-state index in [0.29, 0.717) is 17.9 Å². The summed E-state index contributed by atoms with van der Waals surface area (Å²) in [5, 5.41) is 3.56. The molecule has 1 aliphatic heterocycles. The molecule has 1 saturated heterocycles. The molecule has 0 bridgehead atoms. The lowest BCUT2D eigenvalue weighted by Crippen LogP contribution is -2.34. The molecule has 1 N–H and O–H groups in total. The molecule has 21 heavy (non-hydrogen) atoms. The van der Waals surface area contributed by atoms with Crippen molar-refractivity contribution >= 4 is 15.9 Å². The van der Waals surface area contributed by atoms with E-state index >= 15 is 0 Å². The van der Waals surface area contributed by atoms with Crippen molar-refractivity contribution in [2.45, 2.75) is 37.1 Å². The lowest BCUT2D eigenvalue weighted by Gasteiger charge is -2.33. The third-order valence-corrected chi connectivity index (χ3v) is 5.27. The second-order valence-corrected chi connectivity index (χ2v) is 7.13. The van der Waals surface area contributed by atoms with E-state index in [2.05, 4.69) is 61.3 Å². The molecule has 2 aromatic rings. The van der Waals surface area contributed by atoms with Crippen molar-refractivity contribution in [1.82, 2.24) is 14.9 Å². The fraction of sp³-hybridized carbons (Fsp3) is 0.471. The number of aromatic nitrogens is 2. The first-order valence-corrected chi connectivity index (χ1v) is 8.60. The van der Waals surface area contributed by atoms with Crippen molar-refractivity contribution < 1.29 is 0 Å². The van der Waals surface area contributed by atoms with Gasteiger partial charge in [-0.25, -0.2) is 4.98 Å². The summed E-state index contributed by atoms with van der Waals surface area (Å²) in [6, 6.07) is 9.47. The number of halogens is 1. The Morgan fingerprint density at radius 2 is 2.10 bits per heavy atom. The van der Waals surface area contributed by atoms with Crippen molar-refractivity contribution in [2.75, 3.05) is 13.1 Å². The zero-order valence-electron chi connectivity index (χ0n) is 12.0. The lowest BCUT2D eigenvalue weighted by molar-refractivity contribution is 0.387. The molecule has 110 valence electrons. The molecule has 2 unspecified atom stereocenters. The molecule has 0 spiro atoms. The minimum Gasteiger partial charge on any atom is -0.331 e. The van der Waals surface area contributed by atoms with Gasteiger partial charge in [-0.3, -0.25) is 0 Å². The van der Waals surface area contributed by atoms with Crippen LogP contribution in [0.5, 0.6) is 0 Å². The van der Waals surface area contributed by atoms with Crippen LogP contribution >= 0.6 is 15.9 Å². The highest BCUT2D eigenvalue weighted by molar-refractivity contribution is 9.10. The molecule has 1 saturated carbocycles. The molecule has 1 aromatic carbocycles. The molecular weight excluding hydrogens is 326 g/mol.